The van der Waals surface area contributed by atoms with Gasteiger partial charge in [0.25, 0.3) is 0 Å². The van der Waals surface area contributed by atoms with E-state index in [2.05, 4.69) is 5.32 Å². The van der Waals surface area contributed by atoms with Crippen molar-refractivity contribution in [3.05, 3.63) is 34.6 Å². The van der Waals surface area contributed by atoms with Crippen molar-refractivity contribution >= 4 is 17.6 Å². The Morgan fingerprint density at radius 3 is 2.81 bits per heavy atom. The third-order valence-electron chi connectivity index (χ3n) is 2.78. The molecule has 1 aromatic rings. The Morgan fingerprint density at radius 1 is 1.56 bits per heavy atom. The Hall–Kier alpha value is -1.13. The average molecular weight is 244 g/mol. The molecule has 0 saturated heterocycles. The molecule has 1 fully saturated rings. The second kappa shape index (κ2) is 4.03. The second-order valence-electron chi connectivity index (χ2n) is 3.98. The monoisotopic (exact) mass is 243 g/mol. The fraction of sp³-hybridized carbons (Fsp3) is 0.364. The van der Waals surface area contributed by atoms with E-state index in [1.807, 2.05) is 0 Å². The number of nitrogens with one attached hydrogen (secondary N) is 1. The fourth-order valence-corrected chi connectivity index (χ4v) is 1.72. The van der Waals surface area contributed by atoms with Gasteiger partial charge in [-0.05, 0) is 36.6 Å². The number of halogens is 2. The van der Waals surface area contributed by atoms with E-state index < -0.39 is 11.5 Å². The van der Waals surface area contributed by atoms with Gasteiger partial charge in [0.2, 0.25) is 0 Å². The molecule has 5 heteroatoms. The number of hydrogen-bond acceptors (Lipinski definition) is 2. The Morgan fingerprint density at radius 2 is 2.25 bits per heavy atom. The van der Waals surface area contributed by atoms with Gasteiger partial charge >= 0.3 is 5.97 Å². The van der Waals surface area contributed by atoms with Crippen molar-refractivity contribution in [1.29, 1.82) is 0 Å². The zero-order valence-electron chi connectivity index (χ0n) is 8.46. The first-order valence-corrected chi connectivity index (χ1v) is 5.34. The number of carbonyl (C=O) groups is 1. The normalized spacial score (nSPS) is 17.1. The molecular formula is C11H11ClFNO2. The highest BCUT2D eigenvalue weighted by Gasteiger charge is 2.49. The van der Waals surface area contributed by atoms with Gasteiger partial charge in [-0.1, -0.05) is 11.6 Å². The number of carboxylic acid groups (broad SMARTS) is 1. The zero-order chi connectivity index (χ0) is 11.8. The van der Waals surface area contributed by atoms with Crippen LogP contribution in [-0.4, -0.2) is 16.6 Å². The number of carboxylic acids is 1. The number of hydrogen-bond donors (Lipinski definition) is 2. The van der Waals surface area contributed by atoms with Crippen LogP contribution in [0.5, 0.6) is 0 Å². The van der Waals surface area contributed by atoms with Crippen molar-refractivity contribution in [3.63, 3.8) is 0 Å². The summed E-state index contributed by atoms with van der Waals surface area (Å²) >= 11 is 5.87. The van der Waals surface area contributed by atoms with Gasteiger partial charge in [0.1, 0.15) is 11.4 Å². The molecule has 1 saturated carbocycles. The van der Waals surface area contributed by atoms with Crippen LogP contribution in [0.1, 0.15) is 18.4 Å². The molecule has 0 unspecified atom stereocenters. The molecule has 16 heavy (non-hydrogen) atoms. The highest BCUT2D eigenvalue weighted by molar-refractivity contribution is 6.31. The predicted octanol–water partition coefficient (Wildman–Crippen LogP) is 2.19. The lowest BCUT2D eigenvalue weighted by Gasteiger charge is -2.13. The van der Waals surface area contributed by atoms with Crippen LogP contribution in [0.25, 0.3) is 0 Å². The van der Waals surface area contributed by atoms with E-state index in [0.717, 1.165) is 0 Å². The molecule has 0 atom stereocenters. The molecule has 1 aliphatic carbocycles. The third kappa shape index (κ3) is 2.18. The van der Waals surface area contributed by atoms with Crippen LogP contribution in [0.3, 0.4) is 0 Å². The maximum atomic E-state index is 12.9. The lowest BCUT2D eigenvalue weighted by molar-refractivity contribution is -0.140. The van der Waals surface area contributed by atoms with Gasteiger partial charge < -0.3 is 5.11 Å². The average Bonchev–Trinajstić information content (AvgIpc) is 3.00. The van der Waals surface area contributed by atoms with Crippen LogP contribution < -0.4 is 5.32 Å². The van der Waals surface area contributed by atoms with Gasteiger partial charge in [-0.3, -0.25) is 10.1 Å². The van der Waals surface area contributed by atoms with Gasteiger partial charge in [0, 0.05) is 11.6 Å². The molecule has 2 N–H and O–H groups in total. The van der Waals surface area contributed by atoms with Gasteiger partial charge in [-0.2, -0.15) is 0 Å². The third-order valence-corrected chi connectivity index (χ3v) is 3.15. The molecule has 0 bridgehead atoms. The van der Waals surface area contributed by atoms with Crippen molar-refractivity contribution in [1.82, 2.24) is 5.32 Å². The molecular weight excluding hydrogens is 233 g/mol. The Labute approximate surface area is 97.2 Å². The van der Waals surface area contributed by atoms with Crippen molar-refractivity contribution in [2.45, 2.75) is 24.9 Å². The minimum atomic E-state index is -0.861. The molecule has 1 aliphatic rings. The molecule has 2 rings (SSSR count). The van der Waals surface area contributed by atoms with E-state index in [9.17, 15) is 9.18 Å². The van der Waals surface area contributed by atoms with Crippen LogP contribution in [0, 0.1) is 5.82 Å². The summed E-state index contributed by atoms with van der Waals surface area (Å²) in [4.78, 5) is 10.9. The van der Waals surface area contributed by atoms with E-state index >= 15 is 0 Å². The van der Waals surface area contributed by atoms with Gasteiger partial charge in [0.15, 0.2) is 0 Å². The molecule has 0 radical (unpaired) electrons. The molecule has 0 aliphatic heterocycles. The van der Waals surface area contributed by atoms with Crippen LogP contribution in [-0.2, 0) is 11.3 Å². The molecule has 0 aromatic heterocycles. The minimum Gasteiger partial charge on any atom is -0.480 e. The summed E-state index contributed by atoms with van der Waals surface area (Å²) in [6.45, 7) is 0.267. The highest BCUT2D eigenvalue weighted by atomic mass is 35.5. The fourth-order valence-electron chi connectivity index (χ4n) is 1.53. The lowest BCUT2D eigenvalue weighted by atomic mass is 10.2. The summed E-state index contributed by atoms with van der Waals surface area (Å²) in [5.74, 6) is -1.23. The largest absolute Gasteiger partial charge is 0.480 e. The van der Waals surface area contributed by atoms with Gasteiger partial charge in [-0.15, -0.1) is 0 Å². The lowest BCUT2D eigenvalue weighted by Crippen LogP contribution is -2.38. The molecule has 1 aromatic carbocycles. The summed E-state index contributed by atoms with van der Waals surface area (Å²) in [5.41, 5.74) is -0.246. The maximum absolute atomic E-state index is 12.9. The second-order valence-corrected chi connectivity index (χ2v) is 4.38. The van der Waals surface area contributed by atoms with Crippen LogP contribution >= 0.6 is 11.6 Å². The van der Waals surface area contributed by atoms with Gasteiger partial charge in [-0.25, -0.2) is 4.39 Å². The number of rotatable bonds is 4. The SMILES string of the molecule is O=C(O)C1(NCc2cc(F)ccc2Cl)CC1. The Kier molecular flexibility index (Phi) is 2.86. The van der Waals surface area contributed by atoms with Crippen molar-refractivity contribution in [3.8, 4) is 0 Å². The quantitative estimate of drug-likeness (QED) is 0.852. The van der Waals surface area contributed by atoms with E-state index in [0.29, 0.717) is 23.4 Å². The van der Waals surface area contributed by atoms with Crippen molar-refractivity contribution in [2.75, 3.05) is 0 Å². The van der Waals surface area contributed by atoms with E-state index in [1.165, 1.54) is 18.2 Å². The van der Waals surface area contributed by atoms with Crippen LogP contribution in [0.4, 0.5) is 4.39 Å². The highest BCUT2D eigenvalue weighted by Crippen LogP contribution is 2.36. The number of benzene rings is 1. The minimum absolute atomic E-state index is 0.267. The van der Waals surface area contributed by atoms with Crippen LogP contribution in [0.2, 0.25) is 5.02 Å². The van der Waals surface area contributed by atoms with Crippen molar-refractivity contribution < 1.29 is 14.3 Å². The summed E-state index contributed by atoms with van der Waals surface area (Å²) < 4.78 is 12.9. The smallest absolute Gasteiger partial charge is 0.323 e. The van der Waals surface area contributed by atoms with E-state index in [1.54, 1.807) is 0 Å². The molecule has 86 valence electrons. The van der Waals surface area contributed by atoms with E-state index in [4.69, 9.17) is 16.7 Å². The van der Waals surface area contributed by atoms with Gasteiger partial charge in [0.05, 0.1) is 0 Å². The summed E-state index contributed by atoms with van der Waals surface area (Å²) in [7, 11) is 0. The number of aliphatic carboxylic acids is 1. The molecule has 0 amide bonds. The Balaban J connectivity index is 2.05. The molecule has 3 nitrogen and oxygen atoms in total. The molecule has 0 heterocycles. The summed E-state index contributed by atoms with van der Waals surface area (Å²) in [6, 6.07) is 4.05. The summed E-state index contributed by atoms with van der Waals surface area (Å²) in [6.07, 6.45) is 1.21. The first kappa shape index (κ1) is 11.4. The predicted molar refractivity (Wildman–Crippen MR) is 57.9 cm³/mol. The standard InChI is InChI=1S/C11H11ClFNO2/c12-9-2-1-8(13)5-7(9)6-14-11(3-4-11)10(15)16/h1-2,5,14H,3-4,6H2,(H,15,16). The van der Waals surface area contributed by atoms with Crippen molar-refractivity contribution in [2.24, 2.45) is 0 Å². The first-order chi connectivity index (χ1) is 7.53. The Bertz CT molecular complexity index is 432. The topological polar surface area (TPSA) is 49.3 Å². The molecule has 0 spiro atoms. The zero-order valence-corrected chi connectivity index (χ0v) is 9.22. The summed E-state index contributed by atoms with van der Waals surface area (Å²) in [5, 5.41) is 12.3. The van der Waals surface area contributed by atoms with E-state index in [-0.39, 0.29) is 12.4 Å². The van der Waals surface area contributed by atoms with Crippen LogP contribution in [0.15, 0.2) is 18.2 Å². The first-order valence-electron chi connectivity index (χ1n) is 4.96. The maximum Gasteiger partial charge on any atom is 0.323 e.